The molecule has 0 radical (unpaired) electrons. The van der Waals surface area contributed by atoms with Crippen LogP contribution >= 0.6 is 0 Å². The van der Waals surface area contributed by atoms with E-state index in [0.717, 1.165) is 0 Å². The molecule has 0 fully saturated rings. The molecule has 88 valence electrons. The van der Waals surface area contributed by atoms with Crippen molar-refractivity contribution < 1.29 is 9.59 Å². The summed E-state index contributed by atoms with van der Waals surface area (Å²) in [7, 11) is 5.40. The number of rotatable bonds is 5. The van der Waals surface area contributed by atoms with Crippen molar-refractivity contribution in [3.05, 3.63) is 0 Å². The van der Waals surface area contributed by atoms with Crippen molar-refractivity contribution in [1.82, 2.24) is 9.80 Å². The maximum Gasteiger partial charge on any atom is 0.239 e. The number of hydrogen-bond donors (Lipinski definition) is 0. The molecular weight excluding hydrogens is 192 g/mol. The zero-order valence-electron chi connectivity index (χ0n) is 10.6. The Kier molecular flexibility index (Phi) is 5.50. The summed E-state index contributed by atoms with van der Waals surface area (Å²) < 4.78 is 0. The van der Waals surface area contributed by atoms with Gasteiger partial charge in [0, 0.05) is 7.05 Å². The molecule has 0 rings (SSSR count). The Balaban J connectivity index is 4.61. The summed E-state index contributed by atoms with van der Waals surface area (Å²) in [6.07, 6.45) is 0.664. The largest absolute Gasteiger partial charge is 0.334 e. The summed E-state index contributed by atoms with van der Waals surface area (Å²) in [6, 6.07) is -0.483. The van der Waals surface area contributed by atoms with Crippen LogP contribution in [0.25, 0.3) is 0 Å². The Morgan fingerprint density at radius 3 is 1.93 bits per heavy atom. The standard InChI is InChI=1S/C11H22N2O2/c1-7-10(9(3)14)13(6)11(15)8(2)12(4)5/h8,10H,7H2,1-6H3. The topological polar surface area (TPSA) is 40.6 Å². The summed E-state index contributed by atoms with van der Waals surface area (Å²) in [5.74, 6) is 0.0290. The van der Waals surface area contributed by atoms with Crippen molar-refractivity contribution >= 4 is 11.7 Å². The fraction of sp³-hybridized carbons (Fsp3) is 0.818. The quantitative estimate of drug-likeness (QED) is 0.678. The lowest BCUT2D eigenvalue weighted by Crippen LogP contribution is -2.48. The van der Waals surface area contributed by atoms with Crippen LogP contribution in [-0.4, -0.2) is 54.7 Å². The smallest absolute Gasteiger partial charge is 0.239 e. The highest BCUT2D eigenvalue weighted by Gasteiger charge is 2.26. The number of likely N-dealkylation sites (N-methyl/N-ethyl adjacent to an activating group) is 2. The van der Waals surface area contributed by atoms with E-state index in [0.29, 0.717) is 6.42 Å². The molecule has 0 heterocycles. The highest BCUT2D eigenvalue weighted by Crippen LogP contribution is 2.07. The summed E-state index contributed by atoms with van der Waals surface area (Å²) >= 11 is 0. The van der Waals surface area contributed by atoms with Gasteiger partial charge in [-0.05, 0) is 34.4 Å². The molecule has 0 saturated heterocycles. The van der Waals surface area contributed by atoms with Crippen LogP contribution < -0.4 is 0 Å². The molecule has 4 nitrogen and oxygen atoms in total. The number of nitrogens with zero attached hydrogens (tertiary/aromatic N) is 2. The molecule has 0 aliphatic rings. The Bertz CT molecular complexity index is 239. The summed E-state index contributed by atoms with van der Waals surface area (Å²) in [4.78, 5) is 26.6. The van der Waals surface area contributed by atoms with E-state index in [1.165, 1.54) is 6.92 Å². The van der Waals surface area contributed by atoms with Crippen LogP contribution in [0.3, 0.4) is 0 Å². The number of Topliss-reactive ketones (excluding diaryl/α,β-unsaturated/α-hetero) is 1. The van der Waals surface area contributed by atoms with Crippen molar-refractivity contribution in [2.24, 2.45) is 0 Å². The van der Waals surface area contributed by atoms with Crippen LogP contribution in [0.2, 0.25) is 0 Å². The van der Waals surface area contributed by atoms with Crippen LogP contribution in [0.1, 0.15) is 27.2 Å². The molecule has 0 bridgehead atoms. The number of hydrogen-bond acceptors (Lipinski definition) is 3. The van der Waals surface area contributed by atoms with E-state index in [1.807, 2.05) is 32.8 Å². The maximum absolute atomic E-state index is 11.9. The molecular formula is C11H22N2O2. The lowest BCUT2D eigenvalue weighted by molar-refractivity contribution is -0.140. The zero-order chi connectivity index (χ0) is 12.2. The predicted molar refractivity (Wildman–Crippen MR) is 60.7 cm³/mol. The molecule has 2 unspecified atom stereocenters. The van der Waals surface area contributed by atoms with E-state index < -0.39 is 0 Å². The first-order valence-electron chi connectivity index (χ1n) is 5.26. The molecule has 0 aromatic rings. The first-order valence-corrected chi connectivity index (χ1v) is 5.26. The molecule has 0 aromatic heterocycles. The van der Waals surface area contributed by atoms with Gasteiger partial charge in [0.05, 0.1) is 12.1 Å². The minimum Gasteiger partial charge on any atom is -0.334 e. The molecule has 4 heteroatoms. The van der Waals surface area contributed by atoms with Crippen LogP contribution in [0.4, 0.5) is 0 Å². The van der Waals surface area contributed by atoms with E-state index in [9.17, 15) is 9.59 Å². The maximum atomic E-state index is 11.9. The molecule has 0 aromatic carbocycles. The van der Waals surface area contributed by atoms with Crippen molar-refractivity contribution in [3.63, 3.8) is 0 Å². The second-order valence-electron chi connectivity index (χ2n) is 4.12. The highest BCUT2D eigenvalue weighted by atomic mass is 16.2. The minimum atomic E-state index is -0.292. The Morgan fingerprint density at radius 2 is 1.67 bits per heavy atom. The van der Waals surface area contributed by atoms with Gasteiger partial charge in [-0.3, -0.25) is 14.5 Å². The average Bonchev–Trinajstić information content (AvgIpc) is 2.15. The molecule has 0 spiro atoms. The molecule has 2 atom stereocenters. The van der Waals surface area contributed by atoms with Gasteiger partial charge < -0.3 is 4.90 Å². The summed E-state index contributed by atoms with van der Waals surface area (Å²) in [5.41, 5.74) is 0. The Morgan fingerprint density at radius 1 is 1.20 bits per heavy atom. The summed E-state index contributed by atoms with van der Waals surface area (Å²) in [6.45, 7) is 5.28. The van der Waals surface area contributed by atoms with Crippen LogP contribution in [0, 0.1) is 0 Å². The number of carbonyl (C=O) groups is 2. The average molecular weight is 214 g/mol. The molecule has 15 heavy (non-hydrogen) atoms. The summed E-state index contributed by atoms with van der Waals surface area (Å²) in [5, 5.41) is 0. The predicted octanol–water partition coefficient (Wildman–Crippen LogP) is 0.762. The van der Waals surface area contributed by atoms with E-state index in [4.69, 9.17) is 0 Å². The van der Waals surface area contributed by atoms with Crippen LogP contribution in [-0.2, 0) is 9.59 Å². The number of ketones is 1. The second-order valence-corrected chi connectivity index (χ2v) is 4.12. The highest BCUT2D eigenvalue weighted by molar-refractivity contribution is 5.89. The van der Waals surface area contributed by atoms with Crippen molar-refractivity contribution in [2.75, 3.05) is 21.1 Å². The first-order chi connectivity index (χ1) is 6.82. The van der Waals surface area contributed by atoms with Gasteiger partial charge in [0.1, 0.15) is 0 Å². The van der Waals surface area contributed by atoms with Gasteiger partial charge >= 0.3 is 0 Å². The van der Waals surface area contributed by atoms with Gasteiger partial charge in [-0.15, -0.1) is 0 Å². The zero-order valence-corrected chi connectivity index (χ0v) is 10.6. The first kappa shape index (κ1) is 14.1. The van der Waals surface area contributed by atoms with Gasteiger partial charge in [0.25, 0.3) is 0 Å². The van der Waals surface area contributed by atoms with E-state index in [2.05, 4.69) is 0 Å². The van der Waals surface area contributed by atoms with E-state index >= 15 is 0 Å². The fourth-order valence-electron chi connectivity index (χ4n) is 1.50. The lowest BCUT2D eigenvalue weighted by Gasteiger charge is -2.30. The third-order valence-electron chi connectivity index (χ3n) is 2.80. The normalized spacial score (nSPS) is 14.9. The van der Waals surface area contributed by atoms with E-state index in [-0.39, 0.29) is 23.8 Å². The minimum absolute atomic E-state index is 0.0120. The van der Waals surface area contributed by atoms with E-state index in [1.54, 1.807) is 11.9 Å². The van der Waals surface area contributed by atoms with Gasteiger partial charge in [-0.2, -0.15) is 0 Å². The van der Waals surface area contributed by atoms with Gasteiger partial charge in [0.15, 0.2) is 5.78 Å². The number of carbonyl (C=O) groups excluding carboxylic acids is 2. The fourth-order valence-corrected chi connectivity index (χ4v) is 1.50. The SMILES string of the molecule is CCC(C(C)=O)N(C)C(=O)C(C)N(C)C. The molecule has 1 amide bonds. The lowest BCUT2D eigenvalue weighted by atomic mass is 10.1. The van der Waals surface area contributed by atoms with Gasteiger partial charge in [-0.1, -0.05) is 6.92 Å². The van der Waals surface area contributed by atoms with Crippen LogP contribution in [0.5, 0.6) is 0 Å². The van der Waals surface area contributed by atoms with Crippen molar-refractivity contribution in [1.29, 1.82) is 0 Å². The Hall–Kier alpha value is -0.900. The van der Waals surface area contributed by atoms with Crippen LogP contribution in [0.15, 0.2) is 0 Å². The molecule has 0 aliphatic heterocycles. The van der Waals surface area contributed by atoms with Crippen molar-refractivity contribution in [2.45, 2.75) is 39.3 Å². The molecule has 0 N–H and O–H groups in total. The third kappa shape index (κ3) is 3.63. The van der Waals surface area contributed by atoms with Gasteiger partial charge in [-0.25, -0.2) is 0 Å². The second kappa shape index (κ2) is 5.85. The molecule has 0 aliphatic carbocycles. The third-order valence-corrected chi connectivity index (χ3v) is 2.80. The Labute approximate surface area is 92.2 Å². The molecule has 0 saturated carbocycles. The van der Waals surface area contributed by atoms with Gasteiger partial charge in [0.2, 0.25) is 5.91 Å². The number of amides is 1. The van der Waals surface area contributed by atoms with Crippen molar-refractivity contribution in [3.8, 4) is 0 Å². The monoisotopic (exact) mass is 214 g/mol.